The lowest BCUT2D eigenvalue weighted by Crippen LogP contribution is -2.29. The van der Waals surface area contributed by atoms with E-state index in [2.05, 4.69) is 26.0 Å². The quantitative estimate of drug-likeness (QED) is 0.825. The molecule has 0 atom stereocenters. The number of hydrogen-bond donors (Lipinski definition) is 2. The van der Waals surface area contributed by atoms with Crippen LogP contribution in [0.15, 0.2) is 22.7 Å². The number of nitrogens with two attached hydrogens (primary N) is 1. The van der Waals surface area contributed by atoms with Gasteiger partial charge in [0.1, 0.15) is 12.4 Å². The van der Waals surface area contributed by atoms with Crippen molar-refractivity contribution in [3.05, 3.63) is 34.1 Å². The number of carbonyl (C=O) groups excluding carboxylic acids is 2. The van der Waals surface area contributed by atoms with Crippen LogP contribution in [-0.2, 0) is 4.74 Å². The predicted molar refractivity (Wildman–Crippen MR) is 62.0 cm³/mol. The molecule has 0 spiro atoms. The highest BCUT2D eigenvalue weighted by Crippen LogP contribution is 2.19. The second kappa shape index (κ2) is 6.19. The number of benzene rings is 1. The van der Waals surface area contributed by atoms with E-state index in [1.54, 1.807) is 0 Å². The topological polar surface area (TPSA) is 81.4 Å². The third kappa shape index (κ3) is 4.03. The number of rotatable bonds is 4. The molecule has 0 bridgehead atoms. The summed E-state index contributed by atoms with van der Waals surface area (Å²) >= 11 is 2.97. The fourth-order valence-corrected chi connectivity index (χ4v) is 1.53. The maximum Gasteiger partial charge on any atom is 0.404 e. The van der Waals surface area contributed by atoms with Crippen molar-refractivity contribution in [1.82, 2.24) is 5.32 Å². The summed E-state index contributed by atoms with van der Waals surface area (Å²) in [6.45, 7) is 0.0682. The Hall–Kier alpha value is -1.63. The molecule has 7 heteroatoms. The van der Waals surface area contributed by atoms with Gasteiger partial charge in [0.15, 0.2) is 0 Å². The van der Waals surface area contributed by atoms with Crippen molar-refractivity contribution >= 4 is 27.9 Å². The fraction of sp³-hybridized carbons (Fsp3) is 0.200. The summed E-state index contributed by atoms with van der Waals surface area (Å²) in [6.07, 6.45) is -0.911. The van der Waals surface area contributed by atoms with Gasteiger partial charge in [-0.3, -0.25) is 4.79 Å². The minimum absolute atomic E-state index is 0.0337. The van der Waals surface area contributed by atoms with Crippen LogP contribution < -0.4 is 11.1 Å². The molecule has 3 N–H and O–H groups in total. The minimum atomic E-state index is -0.911. The van der Waals surface area contributed by atoms with Crippen LogP contribution in [0.4, 0.5) is 9.18 Å². The number of nitrogens with one attached hydrogen (secondary N) is 1. The van der Waals surface area contributed by atoms with Crippen molar-refractivity contribution < 1.29 is 18.7 Å². The molecule has 2 amide bonds. The zero-order valence-electron chi connectivity index (χ0n) is 8.70. The third-order valence-corrected chi connectivity index (χ3v) is 2.63. The zero-order chi connectivity index (χ0) is 12.8. The van der Waals surface area contributed by atoms with Gasteiger partial charge in [0.05, 0.1) is 16.6 Å². The molecule has 0 aliphatic carbocycles. The number of hydrogen-bond acceptors (Lipinski definition) is 3. The summed E-state index contributed by atoms with van der Waals surface area (Å²) in [4.78, 5) is 21.8. The second-order valence-electron chi connectivity index (χ2n) is 3.02. The summed E-state index contributed by atoms with van der Waals surface area (Å²) in [6, 6.07) is 4.13. The summed E-state index contributed by atoms with van der Waals surface area (Å²) in [5, 5.41) is 2.45. The van der Waals surface area contributed by atoms with E-state index in [9.17, 15) is 14.0 Å². The van der Waals surface area contributed by atoms with Crippen molar-refractivity contribution in [1.29, 1.82) is 0 Å². The Bertz CT molecular complexity index is 440. The Morgan fingerprint density at radius 1 is 1.47 bits per heavy atom. The molecule has 0 aliphatic rings. The standard InChI is InChI=1S/C10H10BrFN2O3/c11-8-6(2-1-3-7(8)12)9(15)14-4-5-17-10(13)16/h1-3H,4-5H2,(H2,13,16)(H,14,15). The molecule has 0 aromatic heterocycles. The summed E-state index contributed by atoms with van der Waals surface area (Å²) in [5.74, 6) is -0.990. The van der Waals surface area contributed by atoms with Gasteiger partial charge in [0.25, 0.3) is 5.91 Å². The largest absolute Gasteiger partial charge is 0.448 e. The van der Waals surface area contributed by atoms with E-state index in [-0.39, 0.29) is 23.2 Å². The van der Waals surface area contributed by atoms with Gasteiger partial charge in [-0.25, -0.2) is 9.18 Å². The molecule has 0 unspecified atom stereocenters. The van der Waals surface area contributed by atoms with Gasteiger partial charge >= 0.3 is 6.09 Å². The van der Waals surface area contributed by atoms with Crippen molar-refractivity contribution in [3.63, 3.8) is 0 Å². The molecule has 0 saturated heterocycles. The number of halogens is 2. The van der Waals surface area contributed by atoms with Crippen LogP contribution in [0.1, 0.15) is 10.4 Å². The molecular formula is C10H10BrFN2O3. The van der Waals surface area contributed by atoms with E-state index < -0.39 is 17.8 Å². The smallest absolute Gasteiger partial charge is 0.404 e. The van der Waals surface area contributed by atoms with E-state index in [0.29, 0.717) is 0 Å². The van der Waals surface area contributed by atoms with Gasteiger partial charge in [-0.1, -0.05) is 6.07 Å². The van der Waals surface area contributed by atoms with Gasteiger partial charge in [0, 0.05) is 0 Å². The maximum atomic E-state index is 13.1. The highest BCUT2D eigenvalue weighted by Gasteiger charge is 2.12. The maximum absolute atomic E-state index is 13.1. The number of ether oxygens (including phenoxy) is 1. The fourth-order valence-electron chi connectivity index (χ4n) is 1.09. The Kier molecular flexibility index (Phi) is 4.89. The van der Waals surface area contributed by atoms with Crippen LogP contribution in [-0.4, -0.2) is 25.2 Å². The Labute approximate surface area is 105 Å². The van der Waals surface area contributed by atoms with Gasteiger partial charge in [-0.15, -0.1) is 0 Å². The molecule has 1 aromatic rings. The van der Waals surface area contributed by atoms with Crippen molar-refractivity contribution in [3.8, 4) is 0 Å². The molecule has 0 saturated carbocycles. The van der Waals surface area contributed by atoms with Gasteiger partial charge < -0.3 is 15.8 Å². The normalized spacial score (nSPS) is 9.76. The molecule has 17 heavy (non-hydrogen) atoms. The van der Waals surface area contributed by atoms with Crippen LogP contribution >= 0.6 is 15.9 Å². The van der Waals surface area contributed by atoms with Crippen LogP contribution in [0.2, 0.25) is 0 Å². The molecular weight excluding hydrogens is 295 g/mol. The second-order valence-corrected chi connectivity index (χ2v) is 3.82. The molecule has 1 aromatic carbocycles. The highest BCUT2D eigenvalue weighted by molar-refractivity contribution is 9.10. The first-order chi connectivity index (χ1) is 8.02. The van der Waals surface area contributed by atoms with E-state index in [0.717, 1.165) is 0 Å². The lowest BCUT2D eigenvalue weighted by Gasteiger charge is -2.07. The first-order valence-corrected chi connectivity index (χ1v) is 5.46. The van der Waals surface area contributed by atoms with Gasteiger partial charge in [-0.05, 0) is 28.1 Å². The summed E-state index contributed by atoms with van der Waals surface area (Å²) in [7, 11) is 0. The molecule has 0 radical (unpaired) electrons. The van der Waals surface area contributed by atoms with Gasteiger partial charge in [-0.2, -0.15) is 0 Å². The van der Waals surface area contributed by atoms with E-state index in [1.165, 1.54) is 18.2 Å². The molecule has 0 heterocycles. The lowest BCUT2D eigenvalue weighted by atomic mass is 10.2. The number of amides is 2. The molecule has 1 rings (SSSR count). The van der Waals surface area contributed by atoms with Crippen LogP contribution in [0, 0.1) is 5.82 Å². The molecule has 92 valence electrons. The average molecular weight is 305 g/mol. The van der Waals surface area contributed by atoms with Crippen LogP contribution in [0.25, 0.3) is 0 Å². The monoisotopic (exact) mass is 304 g/mol. The van der Waals surface area contributed by atoms with Crippen LogP contribution in [0.5, 0.6) is 0 Å². The molecule has 0 aliphatic heterocycles. The Balaban J connectivity index is 2.53. The van der Waals surface area contributed by atoms with Crippen molar-refractivity contribution in [2.45, 2.75) is 0 Å². The molecule has 0 fully saturated rings. The van der Waals surface area contributed by atoms with Crippen molar-refractivity contribution in [2.24, 2.45) is 5.73 Å². The summed E-state index contributed by atoms with van der Waals surface area (Å²) in [5.41, 5.74) is 4.90. The van der Waals surface area contributed by atoms with Gasteiger partial charge in [0.2, 0.25) is 0 Å². The zero-order valence-corrected chi connectivity index (χ0v) is 10.3. The van der Waals surface area contributed by atoms with E-state index in [1.807, 2.05) is 0 Å². The Morgan fingerprint density at radius 3 is 2.82 bits per heavy atom. The average Bonchev–Trinajstić information content (AvgIpc) is 2.27. The Morgan fingerprint density at radius 2 is 2.18 bits per heavy atom. The summed E-state index contributed by atoms with van der Waals surface area (Å²) < 4.78 is 17.6. The first-order valence-electron chi connectivity index (χ1n) is 4.67. The molecule has 5 nitrogen and oxygen atoms in total. The predicted octanol–water partition coefficient (Wildman–Crippen LogP) is 1.41. The third-order valence-electron chi connectivity index (χ3n) is 1.83. The first kappa shape index (κ1) is 13.4. The number of primary amides is 1. The highest BCUT2D eigenvalue weighted by atomic mass is 79.9. The van der Waals surface area contributed by atoms with Crippen molar-refractivity contribution in [2.75, 3.05) is 13.2 Å². The van der Waals surface area contributed by atoms with E-state index >= 15 is 0 Å². The lowest BCUT2D eigenvalue weighted by molar-refractivity contribution is 0.0935. The minimum Gasteiger partial charge on any atom is -0.448 e. The van der Waals surface area contributed by atoms with Crippen LogP contribution in [0.3, 0.4) is 0 Å². The SMILES string of the molecule is NC(=O)OCCNC(=O)c1cccc(F)c1Br. The number of carbonyl (C=O) groups is 2. The van der Waals surface area contributed by atoms with E-state index in [4.69, 9.17) is 5.73 Å².